The molecular formula is C22H27NO4. The summed E-state index contributed by atoms with van der Waals surface area (Å²) < 4.78 is 16.5. The molecule has 1 saturated heterocycles. The van der Waals surface area contributed by atoms with Gasteiger partial charge >= 0.3 is 0 Å². The van der Waals surface area contributed by atoms with Gasteiger partial charge in [0.05, 0.1) is 13.7 Å². The SMILES string of the molecule is COCCNC(=O)C1(Cc2cccc(-c3ccccc3OC)c2)CCCO1. The van der Waals surface area contributed by atoms with Gasteiger partial charge < -0.3 is 19.5 Å². The van der Waals surface area contributed by atoms with Crippen LogP contribution in [0.3, 0.4) is 0 Å². The summed E-state index contributed by atoms with van der Waals surface area (Å²) in [7, 11) is 3.30. The number of para-hydroxylation sites is 1. The molecule has 144 valence electrons. The van der Waals surface area contributed by atoms with E-state index in [1.165, 1.54) is 0 Å². The van der Waals surface area contributed by atoms with Gasteiger partial charge in [-0.05, 0) is 30.0 Å². The summed E-state index contributed by atoms with van der Waals surface area (Å²) in [5.74, 6) is 0.776. The molecule has 1 fully saturated rings. The number of hydrogen-bond donors (Lipinski definition) is 1. The van der Waals surface area contributed by atoms with Crippen LogP contribution in [0, 0.1) is 0 Å². The maximum Gasteiger partial charge on any atom is 0.252 e. The van der Waals surface area contributed by atoms with E-state index in [0.29, 0.717) is 26.2 Å². The normalized spacial score (nSPS) is 19.0. The van der Waals surface area contributed by atoms with Gasteiger partial charge in [0.15, 0.2) is 5.60 Å². The van der Waals surface area contributed by atoms with Crippen LogP contribution in [-0.4, -0.2) is 45.5 Å². The first-order valence-corrected chi connectivity index (χ1v) is 9.32. The quantitative estimate of drug-likeness (QED) is 0.726. The van der Waals surface area contributed by atoms with Gasteiger partial charge in [0.2, 0.25) is 0 Å². The topological polar surface area (TPSA) is 56.8 Å². The summed E-state index contributed by atoms with van der Waals surface area (Å²) >= 11 is 0. The van der Waals surface area contributed by atoms with E-state index >= 15 is 0 Å². The number of carbonyl (C=O) groups excluding carboxylic acids is 1. The number of ether oxygens (including phenoxy) is 3. The standard InChI is InChI=1S/C22H27NO4/c1-25-14-12-23-21(24)22(11-6-13-27-22)16-17-7-5-8-18(15-17)19-9-3-4-10-20(19)26-2/h3-5,7-10,15H,6,11-14,16H2,1-2H3,(H,23,24). The highest BCUT2D eigenvalue weighted by atomic mass is 16.5. The minimum atomic E-state index is -0.798. The monoisotopic (exact) mass is 369 g/mol. The zero-order valence-corrected chi connectivity index (χ0v) is 16.0. The predicted molar refractivity (Wildman–Crippen MR) is 105 cm³/mol. The van der Waals surface area contributed by atoms with Crippen LogP contribution in [0.25, 0.3) is 11.1 Å². The van der Waals surface area contributed by atoms with E-state index in [1.54, 1.807) is 14.2 Å². The van der Waals surface area contributed by atoms with Crippen molar-refractivity contribution >= 4 is 5.91 Å². The summed E-state index contributed by atoms with van der Waals surface area (Å²) in [6, 6.07) is 16.2. The van der Waals surface area contributed by atoms with Crippen molar-refractivity contribution in [1.29, 1.82) is 0 Å². The number of benzene rings is 2. The Hall–Kier alpha value is -2.37. The summed E-state index contributed by atoms with van der Waals surface area (Å²) in [5.41, 5.74) is 2.38. The Bertz CT molecular complexity index is 768. The number of rotatable bonds is 8. The Morgan fingerprint density at radius 1 is 1.19 bits per heavy atom. The number of nitrogens with one attached hydrogen (secondary N) is 1. The second kappa shape index (κ2) is 9.02. The summed E-state index contributed by atoms with van der Waals surface area (Å²) in [4.78, 5) is 12.8. The van der Waals surface area contributed by atoms with E-state index in [0.717, 1.165) is 35.3 Å². The van der Waals surface area contributed by atoms with Gasteiger partial charge in [0.1, 0.15) is 5.75 Å². The zero-order valence-electron chi connectivity index (χ0n) is 16.0. The lowest BCUT2D eigenvalue weighted by Crippen LogP contribution is -2.48. The molecule has 0 radical (unpaired) electrons. The third-order valence-electron chi connectivity index (χ3n) is 4.94. The minimum absolute atomic E-state index is 0.0558. The first kappa shape index (κ1) is 19.4. The van der Waals surface area contributed by atoms with Gasteiger partial charge in [-0.25, -0.2) is 0 Å². The lowest BCUT2D eigenvalue weighted by atomic mass is 9.89. The number of carbonyl (C=O) groups is 1. The van der Waals surface area contributed by atoms with Crippen LogP contribution in [0.5, 0.6) is 5.75 Å². The highest BCUT2D eigenvalue weighted by Crippen LogP contribution is 2.33. The Labute approximate surface area is 160 Å². The van der Waals surface area contributed by atoms with E-state index < -0.39 is 5.60 Å². The lowest BCUT2D eigenvalue weighted by Gasteiger charge is -2.27. The smallest absolute Gasteiger partial charge is 0.252 e. The molecule has 5 nitrogen and oxygen atoms in total. The molecular weight excluding hydrogens is 342 g/mol. The highest BCUT2D eigenvalue weighted by molar-refractivity contribution is 5.86. The van der Waals surface area contributed by atoms with Crippen molar-refractivity contribution in [3.05, 3.63) is 54.1 Å². The van der Waals surface area contributed by atoms with Gasteiger partial charge in [-0.3, -0.25) is 4.79 Å². The molecule has 2 aromatic rings. The molecule has 0 aromatic heterocycles. The van der Waals surface area contributed by atoms with E-state index in [9.17, 15) is 4.79 Å². The summed E-state index contributed by atoms with van der Waals surface area (Å²) in [5, 5.41) is 2.94. The van der Waals surface area contributed by atoms with Crippen LogP contribution < -0.4 is 10.1 Å². The van der Waals surface area contributed by atoms with Crippen LogP contribution in [0.4, 0.5) is 0 Å². The molecule has 1 aliphatic heterocycles. The molecule has 5 heteroatoms. The fraction of sp³-hybridized carbons (Fsp3) is 0.409. The Kier molecular flexibility index (Phi) is 6.48. The fourth-order valence-electron chi connectivity index (χ4n) is 3.59. The van der Waals surface area contributed by atoms with Crippen LogP contribution in [0.15, 0.2) is 48.5 Å². The molecule has 27 heavy (non-hydrogen) atoms. The molecule has 2 aromatic carbocycles. The van der Waals surface area contributed by atoms with Gasteiger partial charge in [0.25, 0.3) is 5.91 Å². The molecule has 0 saturated carbocycles. The maximum absolute atomic E-state index is 12.8. The molecule has 0 aliphatic carbocycles. The fourth-order valence-corrected chi connectivity index (χ4v) is 3.59. The van der Waals surface area contributed by atoms with Gasteiger partial charge in [0, 0.05) is 32.2 Å². The van der Waals surface area contributed by atoms with E-state index in [4.69, 9.17) is 14.2 Å². The average molecular weight is 369 g/mol. The van der Waals surface area contributed by atoms with Crippen molar-refractivity contribution in [3.63, 3.8) is 0 Å². The molecule has 0 spiro atoms. The van der Waals surface area contributed by atoms with E-state index in [2.05, 4.69) is 17.4 Å². The molecule has 3 rings (SSSR count). The highest BCUT2D eigenvalue weighted by Gasteiger charge is 2.42. The van der Waals surface area contributed by atoms with Crippen LogP contribution >= 0.6 is 0 Å². The van der Waals surface area contributed by atoms with Crippen molar-refractivity contribution in [2.45, 2.75) is 24.9 Å². The second-order valence-electron chi connectivity index (χ2n) is 6.77. The minimum Gasteiger partial charge on any atom is -0.496 e. The second-order valence-corrected chi connectivity index (χ2v) is 6.77. The van der Waals surface area contributed by atoms with Crippen molar-refractivity contribution in [2.75, 3.05) is 34.0 Å². The summed E-state index contributed by atoms with van der Waals surface area (Å²) in [6.45, 7) is 1.59. The van der Waals surface area contributed by atoms with Crippen LogP contribution in [-0.2, 0) is 20.7 Å². The molecule has 1 N–H and O–H groups in total. The zero-order chi connectivity index (χ0) is 19.1. The van der Waals surface area contributed by atoms with Gasteiger partial charge in [-0.1, -0.05) is 42.5 Å². The molecule has 0 bridgehead atoms. The van der Waals surface area contributed by atoms with Crippen molar-refractivity contribution in [2.24, 2.45) is 0 Å². The number of methoxy groups -OCH3 is 2. The number of hydrogen-bond acceptors (Lipinski definition) is 4. The van der Waals surface area contributed by atoms with Crippen LogP contribution in [0.2, 0.25) is 0 Å². The maximum atomic E-state index is 12.8. The predicted octanol–water partition coefficient (Wildman–Crippen LogP) is 3.22. The molecule has 1 unspecified atom stereocenters. The molecule has 1 aliphatic rings. The van der Waals surface area contributed by atoms with Crippen molar-refractivity contribution < 1.29 is 19.0 Å². The molecule has 1 heterocycles. The Morgan fingerprint density at radius 2 is 2.04 bits per heavy atom. The lowest BCUT2D eigenvalue weighted by molar-refractivity contribution is -0.141. The van der Waals surface area contributed by atoms with E-state index in [1.807, 2.05) is 36.4 Å². The van der Waals surface area contributed by atoms with E-state index in [-0.39, 0.29) is 5.91 Å². The largest absolute Gasteiger partial charge is 0.496 e. The third-order valence-corrected chi connectivity index (χ3v) is 4.94. The first-order chi connectivity index (χ1) is 13.2. The van der Waals surface area contributed by atoms with Gasteiger partial charge in [-0.2, -0.15) is 0 Å². The van der Waals surface area contributed by atoms with Crippen LogP contribution in [0.1, 0.15) is 18.4 Å². The van der Waals surface area contributed by atoms with Gasteiger partial charge in [-0.15, -0.1) is 0 Å². The Balaban J connectivity index is 1.82. The summed E-state index contributed by atoms with van der Waals surface area (Å²) in [6.07, 6.45) is 2.17. The first-order valence-electron chi connectivity index (χ1n) is 9.32. The van der Waals surface area contributed by atoms with Crippen molar-refractivity contribution in [3.8, 4) is 16.9 Å². The molecule has 1 atom stereocenters. The Morgan fingerprint density at radius 3 is 2.78 bits per heavy atom. The average Bonchev–Trinajstić information content (AvgIpc) is 3.18. The van der Waals surface area contributed by atoms with Crippen molar-refractivity contribution in [1.82, 2.24) is 5.32 Å². The number of amides is 1. The third kappa shape index (κ3) is 4.49. The molecule has 1 amide bonds.